The maximum absolute atomic E-state index is 7.08. The third-order valence-electron chi connectivity index (χ3n) is 8.67. The van der Waals surface area contributed by atoms with Crippen LogP contribution in [-0.2, 0) is 22.3 Å². The molecule has 0 unspecified atom stereocenters. The lowest BCUT2D eigenvalue weighted by molar-refractivity contribution is -0.0346. The lowest BCUT2D eigenvalue weighted by Crippen LogP contribution is -2.47. The van der Waals surface area contributed by atoms with E-state index < -0.39 is 16.4 Å². The van der Waals surface area contributed by atoms with Gasteiger partial charge in [0, 0.05) is 23.5 Å². The van der Waals surface area contributed by atoms with Crippen LogP contribution in [0.25, 0.3) is 0 Å². The second-order valence-corrected chi connectivity index (χ2v) is 23.6. The molecule has 4 rings (SSSR count). The minimum absolute atomic E-state index is 0.0603. The highest BCUT2D eigenvalue weighted by Crippen LogP contribution is 2.39. The van der Waals surface area contributed by atoms with Gasteiger partial charge in [0.2, 0.25) is 6.79 Å². The summed E-state index contributed by atoms with van der Waals surface area (Å²) in [6, 6.07) is 25.0. The minimum atomic E-state index is -2.12. The van der Waals surface area contributed by atoms with Crippen LogP contribution in [0.5, 0.6) is 11.5 Å². The summed E-state index contributed by atoms with van der Waals surface area (Å²) in [5, 5.41) is 1.46. The lowest BCUT2D eigenvalue weighted by Gasteiger charge is -2.41. The number of halogens is 1. The van der Waals surface area contributed by atoms with Crippen molar-refractivity contribution in [3.8, 4) is 11.5 Å². The van der Waals surface area contributed by atoms with Crippen molar-refractivity contribution in [2.75, 3.05) is 6.79 Å². The van der Waals surface area contributed by atoms with Crippen LogP contribution in [0.15, 0.2) is 99.8 Å². The topological polar surface area (TPSA) is 49.3 Å². The van der Waals surface area contributed by atoms with E-state index >= 15 is 0 Å². The van der Waals surface area contributed by atoms with E-state index in [1.54, 1.807) is 0 Å². The summed E-state index contributed by atoms with van der Waals surface area (Å²) in [5.74, 6) is 1.52. The molecule has 0 aromatic heterocycles. The summed E-state index contributed by atoms with van der Waals surface area (Å²) in [4.78, 5) is 4.82. The van der Waals surface area contributed by atoms with Gasteiger partial charge in [-0.05, 0) is 53.2 Å². The molecule has 0 radical (unpaired) electrons. The quantitative estimate of drug-likeness (QED) is 0.0953. The Kier molecular flexibility index (Phi) is 12.3. The molecule has 2 atom stereocenters. The van der Waals surface area contributed by atoms with Crippen molar-refractivity contribution in [2.24, 2.45) is 4.99 Å². The summed E-state index contributed by atoms with van der Waals surface area (Å²) in [6.45, 7) is 17.4. The van der Waals surface area contributed by atoms with E-state index in [0.717, 1.165) is 27.1 Å². The van der Waals surface area contributed by atoms with Gasteiger partial charge in [-0.2, -0.15) is 0 Å². The predicted molar refractivity (Wildman–Crippen MR) is 195 cm³/mol. The van der Waals surface area contributed by atoms with Crippen LogP contribution in [0, 0.1) is 0 Å². The zero-order valence-corrected chi connectivity index (χ0v) is 31.4. The predicted octanol–water partition coefficient (Wildman–Crippen LogP) is 9.37. The molecule has 0 spiro atoms. The monoisotopic (exact) mass is 705 g/mol. The fraction of sp³-hybridized carbons (Fsp3) is 0.405. The van der Waals surface area contributed by atoms with E-state index in [1.165, 1.54) is 5.19 Å². The molecular formula is C37H48BrNO4Si2. The van der Waals surface area contributed by atoms with Crippen molar-refractivity contribution < 1.29 is 18.6 Å². The van der Waals surface area contributed by atoms with Gasteiger partial charge in [0.25, 0.3) is 0 Å². The third-order valence-corrected chi connectivity index (χ3v) is 16.6. The molecule has 8 heteroatoms. The molecular weight excluding hydrogens is 658 g/mol. The van der Waals surface area contributed by atoms with Gasteiger partial charge >= 0.3 is 0 Å². The minimum Gasteiger partial charge on any atom is -0.454 e. The molecule has 0 N–H and O–H groups in total. The zero-order valence-electron chi connectivity index (χ0n) is 27.8. The van der Waals surface area contributed by atoms with E-state index in [4.69, 9.17) is 23.6 Å². The molecule has 1 aliphatic heterocycles. The summed E-state index contributed by atoms with van der Waals surface area (Å²) in [7, 11) is -3.88. The van der Waals surface area contributed by atoms with Crippen molar-refractivity contribution >= 4 is 43.7 Å². The number of ether oxygens (including phenoxy) is 3. The second kappa shape index (κ2) is 15.7. The highest BCUT2D eigenvalue weighted by molar-refractivity contribution is 9.10. The van der Waals surface area contributed by atoms with Crippen molar-refractivity contribution in [3.05, 3.63) is 106 Å². The van der Waals surface area contributed by atoms with Crippen LogP contribution in [0.4, 0.5) is 0 Å². The first-order valence-corrected chi connectivity index (χ1v) is 22.5. The van der Waals surface area contributed by atoms with Crippen LogP contribution in [0.2, 0.25) is 31.2 Å². The number of fused-ring (bicyclic) bond motifs is 1. The first-order chi connectivity index (χ1) is 21.4. The molecule has 45 heavy (non-hydrogen) atoms. The van der Waals surface area contributed by atoms with E-state index in [9.17, 15) is 0 Å². The fourth-order valence-electron chi connectivity index (χ4n) is 4.76. The smallest absolute Gasteiger partial charge is 0.231 e. The second-order valence-electron chi connectivity index (χ2n) is 13.6. The van der Waals surface area contributed by atoms with Crippen LogP contribution < -0.4 is 14.7 Å². The maximum atomic E-state index is 7.08. The van der Waals surface area contributed by atoms with Gasteiger partial charge in [-0.15, -0.1) is 5.73 Å². The molecule has 0 aliphatic carbocycles. The Balaban J connectivity index is 1.56. The van der Waals surface area contributed by atoms with Gasteiger partial charge in [0.05, 0.1) is 25.4 Å². The number of nitrogens with zero attached hydrogens (tertiary/aromatic N) is 1. The highest BCUT2D eigenvalue weighted by atomic mass is 79.9. The van der Waals surface area contributed by atoms with E-state index in [1.807, 2.05) is 24.4 Å². The Morgan fingerprint density at radius 3 is 2.22 bits per heavy atom. The molecule has 3 aromatic carbocycles. The van der Waals surface area contributed by atoms with E-state index in [2.05, 4.69) is 135 Å². The molecule has 3 aromatic rings. The summed E-state index contributed by atoms with van der Waals surface area (Å²) in [6.07, 6.45) is 5.16. The van der Waals surface area contributed by atoms with Crippen molar-refractivity contribution in [1.82, 2.24) is 0 Å². The molecule has 0 saturated heterocycles. The van der Waals surface area contributed by atoms with Crippen LogP contribution in [0.1, 0.15) is 44.7 Å². The van der Waals surface area contributed by atoms with Crippen molar-refractivity contribution in [1.29, 1.82) is 0 Å². The number of benzene rings is 3. The van der Waals surface area contributed by atoms with Crippen LogP contribution >= 0.6 is 15.9 Å². The van der Waals surface area contributed by atoms with E-state index in [0.29, 0.717) is 26.0 Å². The fourth-order valence-corrected chi connectivity index (χ4v) is 8.32. The zero-order chi connectivity index (χ0) is 32.5. The largest absolute Gasteiger partial charge is 0.454 e. The van der Waals surface area contributed by atoms with Gasteiger partial charge in [0.15, 0.2) is 19.8 Å². The number of hydrogen-bond acceptors (Lipinski definition) is 5. The molecule has 1 aliphatic rings. The van der Waals surface area contributed by atoms with Gasteiger partial charge in [0.1, 0.15) is 8.07 Å². The third kappa shape index (κ3) is 10.1. The SMILES string of the molecule is CC(C)(C)[Si](C)(C)O[C@@H](CC=NCc1cc2c(cc1Br)OCO2)[C@@H](CC=C=C[Si](C)(C)c1ccccc1)OCc1ccccc1. The number of rotatable bonds is 14. The van der Waals surface area contributed by atoms with Crippen LogP contribution in [0.3, 0.4) is 0 Å². The summed E-state index contributed by atoms with van der Waals surface area (Å²) < 4.78 is 25.8. The molecule has 1 heterocycles. The normalized spacial score (nSPS) is 14.7. The lowest BCUT2D eigenvalue weighted by atomic mass is 10.1. The molecule has 0 bridgehead atoms. The standard InChI is InChI=1S/C37H48BrNO4Si2/c1-37(2,3)45(6,7)43-34(21-22-39-26-30-24-35-36(25-32(30)38)42-28-41-35)33(40-27-29-16-10-8-11-17-29)20-14-15-23-44(4,5)31-18-12-9-13-19-31/h8-14,16-19,22-25,33-34H,20-21,26-28H2,1-7H3/t15?,33-,34+/m1/s1. The Morgan fingerprint density at radius 1 is 0.911 bits per heavy atom. The summed E-state index contributed by atoms with van der Waals surface area (Å²) >= 11 is 3.66. The average Bonchev–Trinajstić information content (AvgIpc) is 3.45. The Hall–Kier alpha value is -2.72. The molecule has 0 fully saturated rings. The van der Waals surface area contributed by atoms with Crippen molar-refractivity contribution in [2.45, 2.75) is 90.2 Å². The molecule has 0 amide bonds. The Morgan fingerprint density at radius 2 is 1.56 bits per heavy atom. The van der Waals surface area contributed by atoms with Gasteiger partial charge < -0.3 is 18.6 Å². The molecule has 0 saturated carbocycles. The number of aliphatic imine (C=N–C) groups is 1. The summed E-state index contributed by atoms with van der Waals surface area (Å²) in [5.41, 5.74) is 8.02. The maximum Gasteiger partial charge on any atom is 0.231 e. The van der Waals surface area contributed by atoms with Crippen molar-refractivity contribution in [3.63, 3.8) is 0 Å². The highest BCUT2D eigenvalue weighted by Gasteiger charge is 2.40. The first-order valence-electron chi connectivity index (χ1n) is 15.7. The first kappa shape index (κ1) is 35.1. The molecule has 240 valence electrons. The van der Waals surface area contributed by atoms with Gasteiger partial charge in [-0.25, -0.2) is 0 Å². The van der Waals surface area contributed by atoms with E-state index in [-0.39, 0.29) is 24.0 Å². The number of hydrogen-bond donors (Lipinski definition) is 0. The molecule has 5 nitrogen and oxygen atoms in total. The van der Waals surface area contributed by atoms with Gasteiger partial charge in [-0.3, -0.25) is 4.99 Å². The Labute approximate surface area is 280 Å². The van der Waals surface area contributed by atoms with Gasteiger partial charge in [-0.1, -0.05) is 116 Å². The Bertz CT molecular complexity index is 1480. The van der Waals surface area contributed by atoms with Crippen LogP contribution in [-0.4, -0.2) is 41.6 Å². The average molecular weight is 707 g/mol.